The largest absolute Gasteiger partial charge is 0.480 e. The maximum atomic E-state index is 11.1. The summed E-state index contributed by atoms with van der Waals surface area (Å²) in [5.74, 6) is -0.787. The summed E-state index contributed by atoms with van der Waals surface area (Å²) in [4.78, 5) is 11.1. The standard InChI is InChI=1S/C9H18BNO4/c12-8(13)9(5-3-7-11-9)4-1-2-6-10(14)15/h11,14-15H,1-7H2,(H,12,13)/t9-/m1/s1. The normalized spacial score (nSPS) is 25.5. The Balaban J connectivity index is 2.30. The quantitative estimate of drug-likeness (QED) is 0.365. The van der Waals surface area contributed by atoms with Gasteiger partial charge < -0.3 is 20.5 Å². The van der Waals surface area contributed by atoms with Crippen molar-refractivity contribution in [3.63, 3.8) is 0 Å². The third kappa shape index (κ3) is 3.48. The minimum Gasteiger partial charge on any atom is -0.480 e. The first kappa shape index (κ1) is 12.5. The summed E-state index contributed by atoms with van der Waals surface area (Å²) < 4.78 is 0. The Labute approximate surface area is 89.6 Å². The number of hydrogen-bond donors (Lipinski definition) is 4. The summed E-state index contributed by atoms with van der Waals surface area (Å²) in [6.45, 7) is 0.759. The molecule has 1 aliphatic rings. The topological polar surface area (TPSA) is 89.8 Å². The van der Waals surface area contributed by atoms with Crippen LogP contribution in [0.2, 0.25) is 6.32 Å². The lowest BCUT2D eigenvalue weighted by Crippen LogP contribution is -2.47. The number of unbranched alkanes of at least 4 members (excludes halogenated alkanes) is 1. The van der Waals surface area contributed by atoms with Crippen LogP contribution in [0.15, 0.2) is 0 Å². The highest BCUT2D eigenvalue weighted by atomic mass is 16.4. The minimum absolute atomic E-state index is 0.315. The Hall–Kier alpha value is -0.585. The molecular weight excluding hydrogens is 197 g/mol. The summed E-state index contributed by atoms with van der Waals surface area (Å²) in [6, 6.07) is 0. The van der Waals surface area contributed by atoms with Crippen molar-refractivity contribution < 1.29 is 19.9 Å². The van der Waals surface area contributed by atoms with Crippen molar-refractivity contribution in [2.24, 2.45) is 0 Å². The predicted molar refractivity (Wildman–Crippen MR) is 56.5 cm³/mol. The molecule has 5 nitrogen and oxygen atoms in total. The minimum atomic E-state index is -1.28. The van der Waals surface area contributed by atoms with Crippen LogP contribution in [-0.4, -0.2) is 40.3 Å². The molecule has 0 amide bonds. The second kappa shape index (κ2) is 5.49. The fourth-order valence-electron chi connectivity index (χ4n) is 2.06. The molecule has 0 saturated carbocycles. The molecule has 15 heavy (non-hydrogen) atoms. The zero-order valence-electron chi connectivity index (χ0n) is 8.78. The molecular formula is C9H18BNO4. The van der Waals surface area contributed by atoms with Gasteiger partial charge in [0.15, 0.2) is 0 Å². The molecule has 0 aromatic rings. The van der Waals surface area contributed by atoms with E-state index in [0.717, 1.165) is 13.0 Å². The SMILES string of the molecule is O=C(O)[C@@]1(CCCCB(O)O)CCCN1. The van der Waals surface area contributed by atoms with Crippen molar-refractivity contribution in [2.45, 2.75) is 44.0 Å². The van der Waals surface area contributed by atoms with E-state index in [9.17, 15) is 4.79 Å². The Bertz CT molecular complexity index is 216. The van der Waals surface area contributed by atoms with Crippen molar-refractivity contribution in [1.82, 2.24) is 5.32 Å². The van der Waals surface area contributed by atoms with Crippen LogP contribution < -0.4 is 5.32 Å². The first-order chi connectivity index (χ1) is 7.07. The van der Waals surface area contributed by atoms with Gasteiger partial charge in [0.1, 0.15) is 5.54 Å². The number of carbonyl (C=O) groups is 1. The summed E-state index contributed by atoms with van der Waals surface area (Å²) in [5, 5.41) is 29.4. The number of nitrogens with one attached hydrogen (secondary N) is 1. The smallest absolute Gasteiger partial charge is 0.451 e. The number of carboxylic acid groups (broad SMARTS) is 1. The highest BCUT2D eigenvalue weighted by Gasteiger charge is 2.40. The van der Waals surface area contributed by atoms with E-state index >= 15 is 0 Å². The predicted octanol–water partition coefficient (Wildman–Crippen LogP) is -0.164. The zero-order chi connectivity index (χ0) is 11.3. The Morgan fingerprint density at radius 2 is 2.13 bits per heavy atom. The van der Waals surface area contributed by atoms with Crippen LogP contribution in [0.5, 0.6) is 0 Å². The van der Waals surface area contributed by atoms with Crippen LogP contribution >= 0.6 is 0 Å². The van der Waals surface area contributed by atoms with Gasteiger partial charge in [-0.15, -0.1) is 0 Å². The highest BCUT2D eigenvalue weighted by Crippen LogP contribution is 2.26. The van der Waals surface area contributed by atoms with E-state index in [1.54, 1.807) is 0 Å². The average molecular weight is 215 g/mol. The molecule has 0 aromatic carbocycles. The Kier molecular flexibility index (Phi) is 4.57. The molecule has 0 spiro atoms. The van der Waals surface area contributed by atoms with Gasteiger partial charge in [-0.2, -0.15) is 0 Å². The summed E-state index contributed by atoms with van der Waals surface area (Å²) in [6.07, 6.45) is 3.80. The van der Waals surface area contributed by atoms with Gasteiger partial charge in [-0.3, -0.25) is 4.79 Å². The summed E-state index contributed by atoms with van der Waals surface area (Å²) >= 11 is 0. The van der Waals surface area contributed by atoms with E-state index < -0.39 is 18.6 Å². The first-order valence-electron chi connectivity index (χ1n) is 5.41. The van der Waals surface area contributed by atoms with Crippen LogP contribution in [0.4, 0.5) is 0 Å². The number of carboxylic acids is 1. The maximum absolute atomic E-state index is 11.1. The molecule has 0 unspecified atom stereocenters. The van der Waals surface area contributed by atoms with E-state index in [1.807, 2.05) is 0 Å². The number of rotatable bonds is 6. The van der Waals surface area contributed by atoms with E-state index in [-0.39, 0.29) is 0 Å². The summed E-state index contributed by atoms with van der Waals surface area (Å²) in [5.41, 5.74) is -0.763. The monoisotopic (exact) mass is 215 g/mol. The van der Waals surface area contributed by atoms with Gasteiger partial charge in [0, 0.05) is 0 Å². The van der Waals surface area contributed by atoms with Crippen LogP contribution in [0.3, 0.4) is 0 Å². The van der Waals surface area contributed by atoms with Gasteiger partial charge in [0.05, 0.1) is 0 Å². The van der Waals surface area contributed by atoms with Crippen molar-refractivity contribution >= 4 is 13.1 Å². The molecule has 0 aromatic heterocycles. The Morgan fingerprint density at radius 1 is 1.40 bits per heavy atom. The van der Waals surface area contributed by atoms with Crippen LogP contribution in [-0.2, 0) is 4.79 Å². The van der Waals surface area contributed by atoms with Crippen molar-refractivity contribution in [3.05, 3.63) is 0 Å². The number of aliphatic carboxylic acids is 1. The van der Waals surface area contributed by atoms with Gasteiger partial charge in [0.25, 0.3) is 0 Å². The second-order valence-electron chi connectivity index (χ2n) is 4.14. The number of hydrogen-bond acceptors (Lipinski definition) is 4. The van der Waals surface area contributed by atoms with Gasteiger partial charge in [-0.25, -0.2) is 0 Å². The fraction of sp³-hybridized carbons (Fsp3) is 0.889. The fourth-order valence-corrected chi connectivity index (χ4v) is 2.06. The molecule has 86 valence electrons. The molecule has 6 heteroatoms. The molecule has 0 aliphatic carbocycles. The molecule has 1 atom stereocenters. The highest BCUT2D eigenvalue weighted by molar-refractivity contribution is 6.40. The zero-order valence-corrected chi connectivity index (χ0v) is 8.78. The van der Waals surface area contributed by atoms with Gasteiger partial charge in [0.2, 0.25) is 0 Å². The summed E-state index contributed by atoms with van der Waals surface area (Å²) in [7, 11) is -1.28. The molecule has 1 fully saturated rings. The van der Waals surface area contributed by atoms with Crippen molar-refractivity contribution in [1.29, 1.82) is 0 Å². The molecule has 4 N–H and O–H groups in total. The third-order valence-corrected chi connectivity index (χ3v) is 2.97. The van der Waals surface area contributed by atoms with Crippen LogP contribution in [0.25, 0.3) is 0 Å². The van der Waals surface area contributed by atoms with Gasteiger partial charge in [-0.1, -0.05) is 12.8 Å². The average Bonchev–Trinajstić information content (AvgIpc) is 2.62. The van der Waals surface area contributed by atoms with Crippen LogP contribution in [0.1, 0.15) is 32.1 Å². The van der Waals surface area contributed by atoms with E-state index in [0.29, 0.717) is 32.0 Å². The van der Waals surface area contributed by atoms with E-state index in [4.69, 9.17) is 15.2 Å². The van der Waals surface area contributed by atoms with Gasteiger partial charge in [-0.05, 0) is 32.1 Å². The van der Waals surface area contributed by atoms with Crippen molar-refractivity contribution in [3.8, 4) is 0 Å². The molecule has 1 saturated heterocycles. The van der Waals surface area contributed by atoms with E-state index in [2.05, 4.69) is 5.32 Å². The molecule has 0 radical (unpaired) electrons. The first-order valence-corrected chi connectivity index (χ1v) is 5.41. The Morgan fingerprint density at radius 3 is 2.60 bits per heavy atom. The molecule has 0 bridgehead atoms. The second-order valence-corrected chi connectivity index (χ2v) is 4.14. The maximum Gasteiger partial charge on any atom is 0.451 e. The lowest BCUT2D eigenvalue weighted by molar-refractivity contribution is -0.144. The van der Waals surface area contributed by atoms with Gasteiger partial charge >= 0.3 is 13.1 Å². The van der Waals surface area contributed by atoms with E-state index in [1.165, 1.54) is 0 Å². The van der Waals surface area contributed by atoms with Crippen LogP contribution in [0, 0.1) is 0 Å². The van der Waals surface area contributed by atoms with Crippen molar-refractivity contribution in [2.75, 3.05) is 6.54 Å². The lowest BCUT2D eigenvalue weighted by Gasteiger charge is -2.24. The molecule has 1 aliphatic heterocycles. The lowest BCUT2D eigenvalue weighted by atomic mass is 9.81. The third-order valence-electron chi connectivity index (χ3n) is 2.97. The molecule has 1 rings (SSSR count). The molecule has 1 heterocycles.